The summed E-state index contributed by atoms with van der Waals surface area (Å²) in [5.74, 6) is -3.68. The predicted octanol–water partition coefficient (Wildman–Crippen LogP) is 8.03. The molecule has 346 valence electrons. The summed E-state index contributed by atoms with van der Waals surface area (Å²) in [6.45, 7) is 14.4. The van der Waals surface area contributed by atoms with Gasteiger partial charge in [0.05, 0.1) is 62.2 Å². The molecule has 1 unspecified atom stereocenters. The first-order chi connectivity index (χ1) is 26.1. The molecule has 0 spiro atoms. The molecule has 1 N–H and O–H groups in total. The minimum Gasteiger partial charge on any atom is -0.469 e. The van der Waals surface area contributed by atoms with Crippen molar-refractivity contribution in [3.05, 3.63) is 52.3 Å². The van der Waals surface area contributed by atoms with Gasteiger partial charge in [0.1, 0.15) is 6.42 Å². The van der Waals surface area contributed by atoms with Crippen LogP contribution < -0.4 is 18.9 Å². The number of rotatable bonds is 16. The molecule has 13 nitrogen and oxygen atoms in total. The summed E-state index contributed by atoms with van der Waals surface area (Å²) < 4.78 is 28.5. The van der Waals surface area contributed by atoms with Gasteiger partial charge in [-0.3, -0.25) is 28.8 Å². The van der Waals surface area contributed by atoms with Crippen LogP contribution in [-0.2, 0) is 57.2 Å². The van der Waals surface area contributed by atoms with Gasteiger partial charge in [-0.25, -0.2) is 0 Å². The Hall–Kier alpha value is -0.303. The molecule has 0 radical (unpaired) electrons. The van der Waals surface area contributed by atoms with Crippen molar-refractivity contribution in [2.24, 2.45) is 5.92 Å². The number of alkyl halides is 4. The first kappa shape index (κ1) is 74.1. The molecular weight excluding hydrogens is 1240 g/mol. The van der Waals surface area contributed by atoms with E-state index < -0.39 is 35.4 Å². The van der Waals surface area contributed by atoms with Gasteiger partial charge in [0.15, 0.2) is 5.92 Å². The van der Waals surface area contributed by atoms with E-state index in [9.17, 15) is 33.9 Å². The number of ether oxygens (including phenoxy) is 6. The molecule has 0 amide bonds. The average molecular weight is 1310 g/mol. The van der Waals surface area contributed by atoms with E-state index in [2.05, 4.69) is 166 Å². The smallest absolute Gasteiger partial charge is 0.469 e. The number of carbonyl (C=O) groups excluding carboxylic acids is 6. The summed E-state index contributed by atoms with van der Waals surface area (Å²) in [6, 6.07) is 0. The fourth-order valence-corrected chi connectivity index (χ4v) is 6.34. The molecule has 0 saturated heterocycles. The Balaban J connectivity index is -0.000000113. The van der Waals surface area contributed by atoms with Crippen molar-refractivity contribution in [1.82, 2.24) is 0 Å². The van der Waals surface area contributed by atoms with Crippen LogP contribution in [0.5, 0.6) is 0 Å². The quantitative estimate of drug-likeness (QED) is 0.0299. The molecule has 1 fully saturated rings. The molecule has 0 aromatic rings. The van der Waals surface area contributed by atoms with E-state index in [0.717, 1.165) is 40.0 Å². The molecule has 2 rings (SSSR count). The fourth-order valence-electron chi connectivity index (χ4n) is 3.09. The minimum atomic E-state index is -0.929. The van der Waals surface area contributed by atoms with Crippen LogP contribution in [0.4, 0.5) is 0 Å². The largest absolute Gasteiger partial charge is 1.00 e. The van der Waals surface area contributed by atoms with Crippen molar-refractivity contribution in [1.29, 1.82) is 0 Å². The fraction of sp³-hybridized carbons (Fsp3) is 0.615. The van der Waals surface area contributed by atoms with Crippen LogP contribution in [0.2, 0.25) is 0 Å². The van der Waals surface area contributed by atoms with E-state index in [-0.39, 0.29) is 66.1 Å². The Bertz CT molecular complexity index is 1320. The van der Waals surface area contributed by atoms with Gasteiger partial charge in [-0.15, -0.1) is 0 Å². The first-order valence-corrected chi connectivity index (χ1v) is 22.5. The Morgan fingerprint density at radius 3 is 1.35 bits per heavy atom. The van der Waals surface area contributed by atoms with Crippen molar-refractivity contribution < 1.29 is 81.2 Å². The maximum Gasteiger partial charge on any atom is 1.00 e. The second-order valence-corrected chi connectivity index (χ2v) is 21.4. The monoisotopic (exact) mass is 1300 g/mol. The number of hydrogen-bond donors (Lipinski definition) is 1. The number of esters is 6. The number of carbonyl (C=O) groups is 6. The summed E-state index contributed by atoms with van der Waals surface area (Å²) in [6.07, 6.45) is 8.54. The van der Waals surface area contributed by atoms with Gasteiger partial charge in [0, 0.05) is 18.2 Å². The summed E-state index contributed by atoms with van der Waals surface area (Å²) in [5, 5.41) is 10.1. The van der Waals surface area contributed by atoms with Gasteiger partial charge in [0.25, 0.3) is 0 Å². The Morgan fingerprint density at radius 2 is 1.10 bits per heavy atom. The van der Waals surface area contributed by atoms with Gasteiger partial charge >= 0.3 is 54.7 Å². The number of halogens is 7. The van der Waals surface area contributed by atoms with Crippen molar-refractivity contribution >= 4 is 147 Å². The molecule has 0 bridgehead atoms. The van der Waals surface area contributed by atoms with E-state index >= 15 is 0 Å². The van der Waals surface area contributed by atoms with Gasteiger partial charge < -0.3 is 41.0 Å². The standard InChI is InChI=1S/C8H11BrO4.C8H14O.C7H9Br3O2.C6H9BrO2.C5H8O4.C3H4Br2.CH4.CH3.Li/c1-5(9)4-6(7(10)12-2)8(11)13-3;1-8(2,9)6-5-7-3-4-7;1-12-5(11)2-3-6(8)4-7(6,9)10;1-5(7)3-4-6(8)9-2;1-8-4(6)3-5(7)9-2;1-3(5)2-4;;;/h6H,1,4H2,2-3H3;3,9H,4-6H2,1-2H3;2-4H2,1H3;1,3-4H2,2H3;3H2,1-2H3;1-2H2;1H4;1H3;/q;;;;;;;-1;+1. The first-order valence-electron chi connectivity index (χ1n) is 16.6. The van der Waals surface area contributed by atoms with Gasteiger partial charge in [-0.05, 0) is 65.8 Å². The summed E-state index contributed by atoms with van der Waals surface area (Å²) in [5.41, 5.74) is 1.04. The molecule has 0 aromatic heterocycles. The molecule has 0 heterocycles. The van der Waals surface area contributed by atoms with E-state index in [1.807, 2.05) is 13.8 Å². The van der Waals surface area contributed by atoms with Crippen molar-refractivity contribution in [2.45, 2.75) is 98.6 Å². The molecule has 1 atom stereocenters. The van der Waals surface area contributed by atoms with Crippen LogP contribution in [0, 0.1) is 13.3 Å². The maximum atomic E-state index is 11.1. The summed E-state index contributed by atoms with van der Waals surface area (Å²) in [4.78, 5) is 63.9. The molecule has 0 aliphatic heterocycles. The van der Waals surface area contributed by atoms with Crippen LogP contribution >= 0.6 is 112 Å². The van der Waals surface area contributed by atoms with Gasteiger partial charge in [-0.2, -0.15) is 0 Å². The molecular formula is C39H62Br7LiO13. The molecule has 60 heavy (non-hydrogen) atoms. The van der Waals surface area contributed by atoms with E-state index in [0.29, 0.717) is 23.7 Å². The van der Waals surface area contributed by atoms with E-state index in [1.54, 1.807) is 0 Å². The zero-order valence-corrected chi connectivity index (χ0v) is 46.6. The maximum absolute atomic E-state index is 11.1. The minimum absolute atomic E-state index is 0. The third-order valence-electron chi connectivity index (χ3n) is 6.65. The van der Waals surface area contributed by atoms with Crippen LogP contribution in [0.3, 0.4) is 0 Å². The Morgan fingerprint density at radius 1 is 0.733 bits per heavy atom. The third-order valence-corrected chi connectivity index (χ3v) is 13.6. The summed E-state index contributed by atoms with van der Waals surface area (Å²) in [7, 11) is 7.64. The molecule has 0 aromatic carbocycles. The van der Waals surface area contributed by atoms with Crippen molar-refractivity contribution in [2.75, 3.05) is 48.0 Å². The second kappa shape index (κ2) is 41.4. The normalized spacial score (nSPS) is 14.1. The SMILES string of the molecule is C.C=C(Br)CBr.C=C(Br)CC(C(=O)OC)C(=O)OC.C=C(Br)CCC(=O)OC.CC(C)(O)CCC1=CC1.COC(=O)CC(=O)OC.COC(=O)CCC1(Br)CC1(Br)Br.[CH3-].[Li+]. The molecule has 21 heteroatoms. The van der Waals surface area contributed by atoms with E-state index in [4.69, 9.17) is 0 Å². The topological polar surface area (TPSA) is 178 Å². The van der Waals surface area contributed by atoms with Crippen molar-refractivity contribution in [3.8, 4) is 0 Å². The number of methoxy groups -OCH3 is 6. The zero-order chi connectivity index (χ0) is 45.6. The van der Waals surface area contributed by atoms with Crippen LogP contribution in [-0.4, -0.2) is 102 Å². The van der Waals surface area contributed by atoms with Crippen LogP contribution in [0.15, 0.2) is 44.8 Å². The van der Waals surface area contributed by atoms with Crippen molar-refractivity contribution in [3.63, 3.8) is 0 Å². The number of aliphatic hydroxyl groups is 1. The van der Waals surface area contributed by atoms with Crippen LogP contribution in [0.1, 0.15) is 85.5 Å². The summed E-state index contributed by atoms with van der Waals surface area (Å²) >= 11 is 23.1. The van der Waals surface area contributed by atoms with Crippen LogP contribution in [0.25, 0.3) is 0 Å². The Kier molecular flexibility index (Phi) is 51.1. The molecule has 2 aliphatic rings. The van der Waals surface area contributed by atoms with Gasteiger partial charge in [-0.1, -0.05) is 150 Å². The second-order valence-electron chi connectivity index (χ2n) is 12.2. The third kappa shape index (κ3) is 47.2. The predicted molar refractivity (Wildman–Crippen MR) is 260 cm³/mol. The van der Waals surface area contributed by atoms with E-state index in [1.165, 1.54) is 54.7 Å². The number of hydrogen-bond acceptors (Lipinski definition) is 13. The number of allylic oxidation sites excluding steroid dienone is 5. The molecule has 2 aliphatic carbocycles. The molecule has 1 saturated carbocycles. The zero-order valence-electron chi connectivity index (χ0n) is 35.5. The Labute approximate surface area is 429 Å². The van der Waals surface area contributed by atoms with Gasteiger partial charge in [0.2, 0.25) is 0 Å². The average Bonchev–Trinajstić information content (AvgIpc) is 4.07.